The maximum atomic E-state index is 13.7. The molecule has 1 amide bonds. The van der Waals surface area contributed by atoms with Gasteiger partial charge >= 0.3 is 12.4 Å². The molecule has 2 aromatic rings. The van der Waals surface area contributed by atoms with Crippen LogP contribution >= 0.6 is 0 Å². The molecule has 3 rings (SSSR count). The number of alkyl halides is 6. The van der Waals surface area contributed by atoms with E-state index >= 15 is 0 Å². The molecule has 0 spiro atoms. The van der Waals surface area contributed by atoms with Gasteiger partial charge in [0.2, 0.25) is 5.91 Å². The van der Waals surface area contributed by atoms with Gasteiger partial charge in [0.15, 0.2) is 0 Å². The van der Waals surface area contributed by atoms with Crippen LogP contribution in [0.25, 0.3) is 0 Å². The number of halogens is 6. The van der Waals surface area contributed by atoms with Gasteiger partial charge in [-0.15, -0.1) is 4.72 Å². The molecule has 0 bridgehead atoms. The van der Waals surface area contributed by atoms with Crippen LogP contribution < -0.4 is 9.46 Å². The number of pyridine rings is 1. The highest BCUT2D eigenvalue weighted by Gasteiger charge is 2.44. The lowest BCUT2D eigenvalue weighted by Gasteiger charge is -2.33. The molecule has 1 fully saturated rings. The Labute approximate surface area is 224 Å². The molecular formula is C25H29F6N3O3S. The summed E-state index contributed by atoms with van der Waals surface area (Å²) in [7, 11) is -2.79. The van der Waals surface area contributed by atoms with E-state index in [1.807, 2.05) is 0 Å². The van der Waals surface area contributed by atoms with Crippen molar-refractivity contribution in [1.29, 1.82) is 0 Å². The Bertz CT molecular complexity index is 1270. The van der Waals surface area contributed by atoms with Gasteiger partial charge in [-0.25, -0.2) is 0 Å². The molecule has 38 heavy (non-hydrogen) atoms. The lowest BCUT2D eigenvalue weighted by Crippen LogP contribution is -2.47. The van der Waals surface area contributed by atoms with Gasteiger partial charge in [-0.2, -0.15) is 26.3 Å². The van der Waals surface area contributed by atoms with Gasteiger partial charge in [0, 0.05) is 24.1 Å². The molecule has 2 heterocycles. The molecular weight excluding hydrogens is 536 g/mol. The highest BCUT2D eigenvalue weighted by atomic mass is 32.2. The molecule has 3 atom stereocenters. The summed E-state index contributed by atoms with van der Waals surface area (Å²) in [5.41, 5.74) is -3.41. The normalized spacial score (nSPS) is 21.0. The average molecular weight is 569 g/mol. The topological polar surface area (TPSA) is 77.5 Å². The van der Waals surface area contributed by atoms with Crippen LogP contribution in [0, 0.1) is 6.92 Å². The summed E-state index contributed by atoms with van der Waals surface area (Å²) in [6.45, 7) is 6.71. The van der Waals surface area contributed by atoms with Crippen molar-refractivity contribution in [2.45, 2.75) is 69.7 Å². The zero-order valence-electron chi connectivity index (χ0n) is 24.0. The zero-order valence-corrected chi connectivity index (χ0v) is 21.8. The fourth-order valence-electron chi connectivity index (χ4n) is 4.24. The Balaban J connectivity index is 2.04. The first-order valence-corrected chi connectivity index (χ1v) is 12.6. The highest BCUT2D eigenvalue weighted by Crippen LogP contribution is 2.40. The molecule has 6 nitrogen and oxygen atoms in total. The summed E-state index contributed by atoms with van der Waals surface area (Å²) in [6, 6.07) is 2.82. The standard InChI is InChI=1S/C25H29F6N3O3S/c1-14-16(7-6-8-20(14)37-5)22-18(33-38(36)23(2,3)4)9-10-34(22)21(35)12-19-17(25(29,30)31)11-15(13-32-19)24(26,27)28/h6-8,11,13,18,22,33H,9-10,12H2,1-5H3/t18-,22-,38?/m1/s1/i5D3. The zero-order chi connectivity index (χ0) is 31.1. The predicted octanol–water partition coefficient (Wildman–Crippen LogP) is 5.37. The van der Waals surface area contributed by atoms with Crippen molar-refractivity contribution < 1.29 is 44.5 Å². The van der Waals surface area contributed by atoms with Crippen LogP contribution in [0.5, 0.6) is 5.75 Å². The van der Waals surface area contributed by atoms with E-state index in [2.05, 4.69) is 9.71 Å². The smallest absolute Gasteiger partial charge is 0.418 e. The summed E-state index contributed by atoms with van der Waals surface area (Å²) in [5, 5.41) is 0. The SMILES string of the molecule is [2H]C([2H])([2H])Oc1cccc([C@@H]2[C@H](N[S+]([O-])C(C)(C)C)CCN2C(=O)Cc2ncc(C(F)(F)F)cc2C(F)(F)F)c1C. The Kier molecular flexibility index (Phi) is 7.41. The van der Waals surface area contributed by atoms with Gasteiger partial charge in [-0.3, -0.25) is 9.78 Å². The quantitative estimate of drug-likeness (QED) is 0.375. The van der Waals surface area contributed by atoms with Crippen LogP contribution in [0.4, 0.5) is 26.3 Å². The van der Waals surface area contributed by atoms with Crippen molar-refractivity contribution in [2.75, 3.05) is 13.6 Å². The molecule has 1 aromatic heterocycles. The third-order valence-corrected chi connectivity index (χ3v) is 7.84. The number of nitrogens with zero attached hydrogens (tertiary/aromatic N) is 2. The predicted molar refractivity (Wildman–Crippen MR) is 130 cm³/mol. The second-order valence-electron chi connectivity index (χ2n) is 9.89. The highest BCUT2D eigenvalue weighted by molar-refractivity contribution is 7.90. The Hall–Kier alpha value is -2.51. The number of carbonyl (C=O) groups excluding carboxylic acids is 1. The van der Waals surface area contributed by atoms with Crippen LogP contribution in [0.2, 0.25) is 0 Å². The summed E-state index contributed by atoms with van der Waals surface area (Å²) in [5.74, 6) is -0.874. The first-order chi connectivity index (χ1) is 18.6. The number of hydrogen-bond acceptors (Lipinski definition) is 5. The van der Waals surface area contributed by atoms with E-state index < -0.39 is 76.7 Å². The number of aromatic nitrogens is 1. The number of hydrogen-bond donors (Lipinski definition) is 1. The van der Waals surface area contributed by atoms with E-state index in [0.717, 1.165) is 0 Å². The molecule has 1 aliphatic heterocycles. The van der Waals surface area contributed by atoms with Crippen LogP contribution in [0.3, 0.4) is 0 Å². The molecule has 1 N–H and O–H groups in total. The third-order valence-electron chi connectivity index (χ3n) is 6.21. The van der Waals surface area contributed by atoms with Gasteiger partial charge in [-0.05, 0) is 57.4 Å². The number of ether oxygens (including phenoxy) is 1. The van der Waals surface area contributed by atoms with E-state index in [1.165, 1.54) is 17.0 Å². The Morgan fingerprint density at radius 2 is 1.92 bits per heavy atom. The van der Waals surface area contributed by atoms with Crippen LogP contribution in [-0.4, -0.2) is 44.7 Å². The first kappa shape index (κ1) is 25.8. The number of carbonyl (C=O) groups is 1. The molecule has 0 saturated carbocycles. The van der Waals surface area contributed by atoms with Crippen molar-refractivity contribution in [3.8, 4) is 5.75 Å². The van der Waals surface area contributed by atoms with Crippen molar-refractivity contribution in [3.63, 3.8) is 0 Å². The van der Waals surface area contributed by atoms with Crippen LogP contribution in [0.15, 0.2) is 30.5 Å². The van der Waals surface area contributed by atoms with Gasteiger partial charge in [-0.1, -0.05) is 12.1 Å². The van der Waals surface area contributed by atoms with Gasteiger partial charge in [0.1, 0.15) is 10.5 Å². The van der Waals surface area contributed by atoms with E-state index in [1.54, 1.807) is 33.8 Å². The van der Waals surface area contributed by atoms with E-state index in [9.17, 15) is 35.7 Å². The number of likely N-dealkylation sites (tertiary alicyclic amines) is 1. The van der Waals surface area contributed by atoms with Crippen molar-refractivity contribution in [3.05, 3.63) is 58.4 Å². The minimum absolute atomic E-state index is 0.00823. The molecule has 1 aromatic carbocycles. The number of nitrogens with one attached hydrogen (secondary N) is 1. The lowest BCUT2D eigenvalue weighted by molar-refractivity contribution is -0.144. The van der Waals surface area contributed by atoms with E-state index in [-0.39, 0.29) is 31.0 Å². The summed E-state index contributed by atoms with van der Waals surface area (Å²) in [4.78, 5) is 18.1. The lowest BCUT2D eigenvalue weighted by atomic mass is 9.95. The molecule has 1 unspecified atom stereocenters. The first-order valence-electron chi connectivity index (χ1n) is 13.0. The third kappa shape index (κ3) is 6.55. The maximum Gasteiger partial charge on any atom is 0.418 e. The fourth-order valence-corrected chi connectivity index (χ4v) is 5.11. The molecule has 1 aliphatic rings. The monoisotopic (exact) mass is 568 g/mol. The second kappa shape index (κ2) is 10.9. The summed E-state index contributed by atoms with van der Waals surface area (Å²) >= 11 is -1.62. The number of benzene rings is 1. The van der Waals surface area contributed by atoms with Crippen molar-refractivity contribution in [2.24, 2.45) is 0 Å². The Morgan fingerprint density at radius 3 is 2.50 bits per heavy atom. The average Bonchev–Trinajstić information content (AvgIpc) is 3.21. The summed E-state index contributed by atoms with van der Waals surface area (Å²) in [6.07, 6.45) is -10.8. The number of rotatable bonds is 6. The molecule has 0 aliphatic carbocycles. The van der Waals surface area contributed by atoms with Crippen LogP contribution in [0.1, 0.15) is 65.3 Å². The Morgan fingerprint density at radius 1 is 1.24 bits per heavy atom. The maximum absolute atomic E-state index is 13.7. The minimum Gasteiger partial charge on any atom is -0.598 e. The minimum atomic E-state index is -5.21. The van der Waals surface area contributed by atoms with E-state index in [4.69, 9.17) is 8.85 Å². The number of amides is 1. The van der Waals surface area contributed by atoms with Gasteiger partial charge in [0.25, 0.3) is 0 Å². The molecule has 0 radical (unpaired) electrons. The number of methoxy groups -OCH3 is 1. The fraction of sp³-hybridized carbons (Fsp3) is 0.520. The molecule has 1 saturated heterocycles. The largest absolute Gasteiger partial charge is 0.598 e. The van der Waals surface area contributed by atoms with E-state index in [0.29, 0.717) is 11.1 Å². The molecule has 210 valence electrons. The van der Waals surface area contributed by atoms with Crippen molar-refractivity contribution >= 4 is 17.3 Å². The second-order valence-corrected chi connectivity index (χ2v) is 11.9. The van der Waals surface area contributed by atoms with Gasteiger partial charge < -0.3 is 14.2 Å². The molecule has 13 heteroatoms. The van der Waals surface area contributed by atoms with Gasteiger partial charge in [0.05, 0.1) is 46.5 Å². The van der Waals surface area contributed by atoms with Crippen molar-refractivity contribution in [1.82, 2.24) is 14.6 Å². The summed E-state index contributed by atoms with van der Waals surface area (Å²) < 4.78 is 123. The van der Waals surface area contributed by atoms with Crippen LogP contribution in [-0.2, 0) is 34.9 Å².